The third-order valence-electron chi connectivity index (χ3n) is 6.42. The van der Waals surface area contributed by atoms with Gasteiger partial charge in [-0.3, -0.25) is 14.4 Å². The molecule has 1 aromatic carbocycles. The fourth-order valence-electron chi connectivity index (χ4n) is 4.61. The summed E-state index contributed by atoms with van der Waals surface area (Å²) in [4.78, 5) is 20.0. The van der Waals surface area contributed by atoms with Gasteiger partial charge in [-0.25, -0.2) is 4.98 Å². The number of ether oxygens (including phenoxy) is 1. The number of aryl methyl sites for hydroxylation is 2. The number of hydrogen-bond donors (Lipinski definition) is 2. The second-order valence-electron chi connectivity index (χ2n) is 8.83. The summed E-state index contributed by atoms with van der Waals surface area (Å²) in [6.45, 7) is 7.34. The number of aromatic nitrogens is 3. The lowest BCUT2D eigenvalue weighted by atomic mass is 9.93. The van der Waals surface area contributed by atoms with E-state index in [2.05, 4.69) is 44.9 Å². The Kier molecular flexibility index (Phi) is 7.25. The first-order valence-electron chi connectivity index (χ1n) is 11.6. The molecule has 1 saturated heterocycles. The molecule has 0 radical (unpaired) electrons. The van der Waals surface area contributed by atoms with Crippen molar-refractivity contribution in [1.29, 1.82) is 0 Å². The van der Waals surface area contributed by atoms with Gasteiger partial charge in [-0.2, -0.15) is 5.10 Å². The summed E-state index contributed by atoms with van der Waals surface area (Å²) in [7, 11) is 3.59. The Morgan fingerprint density at radius 2 is 2.09 bits per heavy atom. The van der Waals surface area contributed by atoms with Crippen molar-refractivity contribution in [1.82, 2.24) is 19.7 Å². The van der Waals surface area contributed by atoms with Gasteiger partial charge in [0.25, 0.3) is 0 Å². The van der Waals surface area contributed by atoms with Crippen LogP contribution in [0.25, 0.3) is 10.8 Å². The Hall–Kier alpha value is -2.97. The number of fused-ring (bicyclic) bond motifs is 1. The largest absolute Gasteiger partial charge is 0.383 e. The second kappa shape index (κ2) is 10.3. The van der Waals surface area contributed by atoms with Crippen LogP contribution in [0.3, 0.4) is 0 Å². The molecule has 176 valence electrons. The molecule has 0 saturated carbocycles. The summed E-state index contributed by atoms with van der Waals surface area (Å²) >= 11 is 0. The summed E-state index contributed by atoms with van der Waals surface area (Å²) in [6.07, 6.45) is 2.12. The fraction of sp³-hybridized carbons (Fsp3) is 0.480. The van der Waals surface area contributed by atoms with E-state index in [-0.39, 0.29) is 5.91 Å². The Bertz CT molecular complexity index is 1130. The van der Waals surface area contributed by atoms with Gasteiger partial charge >= 0.3 is 0 Å². The minimum Gasteiger partial charge on any atom is -0.383 e. The fourth-order valence-corrected chi connectivity index (χ4v) is 4.61. The van der Waals surface area contributed by atoms with Crippen LogP contribution in [0.15, 0.2) is 30.3 Å². The van der Waals surface area contributed by atoms with Crippen molar-refractivity contribution in [3.8, 4) is 0 Å². The lowest BCUT2D eigenvalue weighted by molar-refractivity contribution is -0.117. The third-order valence-corrected chi connectivity index (χ3v) is 6.42. The van der Waals surface area contributed by atoms with Gasteiger partial charge in [0.2, 0.25) is 5.91 Å². The van der Waals surface area contributed by atoms with E-state index in [1.807, 2.05) is 27.0 Å². The molecule has 1 atom stereocenters. The van der Waals surface area contributed by atoms with E-state index in [1.165, 1.54) is 5.39 Å². The molecule has 1 fully saturated rings. The van der Waals surface area contributed by atoms with E-state index in [0.29, 0.717) is 25.6 Å². The maximum absolute atomic E-state index is 12.8. The molecule has 1 aliphatic rings. The van der Waals surface area contributed by atoms with Crippen molar-refractivity contribution in [2.24, 2.45) is 7.05 Å². The van der Waals surface area contributed by atoms with Gasteiger partial charge in [-0.05, 0) is 44.7 Å². The molecule has 8 nitrogen and oxygen atoms in total. The lowest BCUT2D eigenvalue weighted by Gasteiger charge is -2.32. The number of amides is 1. The number of benzene rings is 1. The molecular weight excluding hydrogens is 416 g/mol. The SMILES string of the molecule is COCCNc1nc(C2CCCN(CC(=O)Nc3c(C)nn(C)c3C)C2)cc2ccccc12. The third kappa shape index (κ3) is 5.34. The van der Waals surface area contributed by atoms with Crippen molar-refractivity contribution in [3.05, 3.63) is 47.4 Å². The number of nitrogens with zero attached hydrogens (tertiary/aromatic N) is 4. The summed E-state index contributed by atoms with van der Waals surface area (Å²) < 4.78 is 6.99. The number of methoxy groups -OCH3 is 1. The van der Waals surface area contributed by atoms with Crippen LogP contribution in [0.2, 0.25) is 0 Å². The van der Waals surface area contributed by atoms with Crippen LogP contribution >= 0.6 is 0 Å². The van der Waals surface area contributed by atoms with Gasteiger partial charge in [-0.15, -0.1) is 0 Å². The highest BCUT2D eigenvalue weighted by molar-refractivity contribution is 5.93. The van der Waals surface area contributed by atoms with Gasteiger partial charge < -0.3 is 15.4 Å². The Morgan fingerprint density at radius 1 is 1.27 bits per heavy atom. The maximum Gasteiger partial charge on any atom is 0.238 e. The number of hydrogen-bond acceptors (Lipinski definition) is 6. The molecule has 0 aliphatic carbocycles. The van der Waals surface area contributed by atoms with Crippen LogP contribution in [-0.4, -0.2) is 65.5 Å². The quantitative estimate of drug-likeness (QED) is 0.512. The first-order valence-corrected chi connectivity index (χ1v) is 11.6. The molecule has 1 unspecified atom stereocenters. The highest BCUT2D eigenvalue weighted by Crippen LogP contribution is 2.31. The van der Waals surface area contributed by atoms with Crippen molar-refractivity contribution in [2.75, 3.05) is 50.5 Å². The summed E-state index contributed by atoms with van der Waals surface area (Å²) in [5.74, 6) is 1.20. The smallest absolute Gasteiger partial charge is 0.238 e. The summed E-state index contributed by atoms with van der Waals surface area (Å²) in [6, 6.07) is 10.5. The molecule has 8 heteroatoms. The zero-order chi connectivity index (χ0) is 23.4. The Morgan fingerprint density at radius 3 is 2.85 bits per heavy atom. The minimum atomic E-state index is 0.00300. The van der Waals surface area contributed by atoms with E-state index < -0.39 is 0 Å². The highest BCUT2D eigenvalue weighted by atomic mass is 16.5. The number of pyridine rings is 1. The number of nitrogens with one attached hydrogen (secondary N) is 2. The van der Waals surface area contributed by atoms with E-state index in [9.17, 15) is 4.79 Å². The standard InChI is InChI=1S/C25H34N6O2/c1-17-24(18(2)30(3)29-17)28-23(32)16-31-12-7-9-20(15-31)22-14-19-8-5-6-10-21(19)25(27-22)26-11-13-33-4/h5-6,8,10,14,20H,7,9,11-13,15-16H2,1-4H3,(H,26,27)(H,28,32). The molecule has 2 aromatic heterocycles. The van der Waals surface area contributed by atoms with Crippen molar-refractivity contribution in [3.63, 3.8) is 0 Å². The van der Waals surface area contributed by atoms with Crippen LogP contribution in [0.4, 0.5) is 11.5 Å². The van der Waals surface area contributed by atoms with Crippen molar-refractivity contribution >= 4 is 28.2 Å². The molecule has 2 N–H and O–H groups in total. The minimum absolute atomic E-state index is 0.00300. The van der Waals surface area contributed by atoms with Crippen molar-refractivity contribution < 1.29 is 9.53 Å². The monoisotopic (exact) mass is 450 g/mol. The highest BCUT2D eigenvalue weighted by Gasteiger charge is 2.25. The van der Waals surface area contributed by atoms with Crippen LogP contribution in [0, 0.1) is 13.8 Å². The first kappa shape index (κ1) is 23.2. The van der Waals surface area contributed by atoms with Gasteiger partial charge in [0, 0.05) is 44.2 Å². The van der Waals surface area contributed by atoms with E-state index in [4.69, 9.17) is 9.72 Å². The van der Waals surface area contributed by atoms with Gasteiger partial charge in [-0.1, -0.05) is 24.3 Å². The number of anilines is 2. The predicted octanol–water partition coefficient (Wildman–Crippen LogP) is 3.46. The Balaban J connectivity index is 1.47. The average Bonchev–Trinajstić information content (AvgIpc) is 3.05. The van der Waals surface area contributed by atoms with E-state index in [0.717, 1.165) is 59.9 Å². The molecule has 0 spiro atoms. The van der Waals surface area contributed by atoms with E-state index >= 15 is 0 Å². The molecule has 4 rings (SSSR count). The van der Waals surface area contributed by atoms with Gasteiger partial charge in [0.15, 0.2) is 0 Å². The topological polar surface area (TPSA) is 84.3 Å². The zero-order valence-electron chi connectivity index (χ0n) is 20.0. The summed E-state index contributed by atoms with van der Waals surface area (Å²) in [5, 5.41) is 13.2. The lowest BCUT2D eigenvalue weighted by Crippen LogP contribution is -2.40. The first-order chi connectivity index (χ1) is 16.0. The number of carbonyl (C=O) groups is 1. The predicted molar refractivity (Wildman–Crippen MR) is 132 cm³/mol. The normalized spacial score (nSPS) is 16.8. The maximum atomic E-state index is 12.8. The molecule has 0 bridgehead atoms. The van der Waals surface area contributed by atoms with Crippen LogP contribution in [-0.2, 0) is 16.6 Å². The molecule has 1 amide bonds. The van der Waals surface area contributed by atoms with E-state index in [1.54, 1.807) is 11.8 Å². The second-order valence-corrected chi connectivity index (χ2v) is 8.83. The number of carbonyl (C=O) groups excluding carboxylic acids is 1. The molecular formula is C25H34N6O2. The Labute approximate surface area is 195 Å². The van der Waals surface area contributed by atoms with Crippen LogP contribution in [0.1, 0.15) is 35.8 Å². The van der Waals surface area contributed by atoms with Gasteiger partial charge in [0.1, 0.15) is 5.82 Å². The zero-order valence-corrected chi connectivity index (χ0v) is 20.0. The van der Waals surface area contributed by atoms with Gasteiger partial charge in [0.05, 0.1) is 30.2 Å². The molecule has 33 heavy (non-hydrogen) atoms. The number of likely N-dealkylation sites (tertiary alicyclic amines) is 1. The van der Waals surface area contributed by atoms with Crippen LogP contribution < -0.4 is 10.6 Å². The van der Waals surface area contributed by atoms with Crippen molar-refractivity contribution in [2.45, 2.75) is 32.6 Å². The average molecular weight is 451 g/mol. The molecule has 3 heterocycles. The summed E-state index contributed by atoms with van der Waals surface area (Å²) in [5.41, 5.74) is 3.71. The van der Waals surface area contributed by atoms with Crippen LogP contribution in [0.5, 0.6) is 0 Å². The molecule has 1 aliphatic heterocycles. The number of piperidine rings is 1. The number of rotatable bonds is 8. The molecule has 3 aromatic rings.